The number of ether oxygens (including phenoxy) is 1. The molecule has 1 amide bonds. The number of benzene rings is 1. The number of halogens is 2. The number of carboxylic acids is 1. The lowest BCUT2D eigenvalue weighted by Gasteiger charge is -2.31. The zero-order valence-corrected chi connectivity index (χ0v) is 14.8. The van der Waals surface area contributed by atoms with E-state index >= 15 is 0 Å². The number of rotatable bonds is 5. The highest BCUT2D eigenvalue weighted by Crippen LogP contribution is 2.29. The van der Waals surface area contributed by atoms with Gasteiger partial charge >= 0.3 is 5.97 Å². The monoisotopic (exact) mass is 377 g/mol. The number of piperidine rings is 1. The Balaban J connectivity index is 0.00000288. The Hall–Kier alpha value is -1.70. The fraction of sp³-hybridized carbons (Fsp3) is 0.467. The topological polar surface area (TPSA) is 105 Å². The van der Waals surface area contributed by atoms with Crippen LogP contribution >= 0.6 is 24.0 Å². The van der Waals surface area contributed by atoms with Gasteiger partial charge in [-0.2, -0.15) is 0 Å². The van der Waals surface area contributed by atoms with E-state index in [1.54, 1.807) is 0 Å². The highest BCUT2D eigenvalue weighted by Gasteiger charge is 2.23. The number of likely N-dealkylation sites (tertiary alicyclic amines) is 1. The number of hydrogen-bond donors (Lipinski definition) is 3. The molecule has 0 aliphatic carbocycles. The molecular weight excluding hydrogens is 357 g/mol. The normalized spacial score (nSPS) is 15.4. The second-order valence-electron chi connectivity index (χ2n) is 5.49. The fourth-order valence-electron chi connectivity index (χ4n) is 2.61. The molecule has 0 aromatic heterocycles. The molecule has 2 rings (SSSR count). The number of nitrogens with two attached hydrogens (primary N) is 1. The summed E-state index contributed by atoms with van der Waals surface area (Å²) in [4.78, 5) is 25.0. The quantitative estimate of drug-likeness (QED) is 0.673. The summed E-state index contributed by atoms with van der Waals surface area (Å²) in [6.07, 6.45) is 1.40. The van der Waals surface area contributed by atoms with E-state index in [4.69, 9.17) is 27.2 Å². The lowest BCUT2D eigenvalue weighted by molar-refractivity contribution is -0.138. The molecule has 0 radical (unpaired) electrons. The van der Waals surface area contributed by atoms with Gasteiger partial charge in [-0.1, -0.05) is 11.6 Å². The number of anilines is 1. The van der Waals surface area contributed by atoms with Crippen molar-refractivity contribution >= 4 is 41.6 Å². The molecular formula is C15H21Cl2N3O4. The van der Waals surface area contributed by atoms with Crippen molar-refractivity contribution < 1.29 is 19.4 Å². The molecule has 9 heteroatoms. The summed E-state index contributed by atoms with van der Waals surface area (Å²) in [6, 6.07) is 3.01. The minimum Gasteiger partial charge on any atom is -0.496 e. The molecule has 1 aromatic rings. The van der Waals surface area contributed by atoms with Crippen LogP contribution in [0.15, 0.2) is 12.1 Å². The zero-order valence-electron chi connectivity index (χ0n) is 13.3. The highest BCUT2D eigenvalue weighted by molar-refractivity contribution is 6.33. The molecule has 0 spiro atoms. The van der Waals surface area contributed by atoms with Crippen LogP contribution in [0.3, 0.4) is 0 Å². The molecule has 1 fully saturated rings. The number of carbonyl (C=O) groups is 2. The summed E-state index contributed by atoms with van der Waals surface area (Å²) < 4.78 is 5.18. The molecule has 134 valence electrons. The molecule has 0 unspecified atom stereocenters. The van der Waals surface area contributed by atoms with Gasteiger partial charge in [0.25, 0.3) is 5.91 Å². The van der Waals surface area contributed by atoms with Crippen molar-refractivity contribution in [2.24, 2.45) is 0 Å². The second-order valence-corrected chi connectivity index (χ2v) is 5.90. The van der Waals surface area contributed by atoms with Crippen LogP contribution in [0, 0.1) is 0 Å². The molecule has 0 saturated carbocycles. The highest BCUT2D eigenvalue weighted by atomic mass is 35.5. The van der Waals surface area contributed by atoms with Gasteiger partial charge in [0, 0.05) is 25.2 Å². The fourth-order valence-corrected chi connectivity index (χ4v) is 2.77. The molecule has 0 bridgehead atoms. The van der Waals surface area contributed by atoms with Crippen molar-refractivity contribution in [2.75, 3.05) is 32.5 Å². The van der Waals surface area contributed by atoms with Crippen LogP contribution in [0.25, 0.3) is 0 Å². The molecule has 1 saturated heterocycles. The number of methoxy groups -OCH3 is 1. The summed E-state index contributed by atoms with van der Waals surface area (Å²) in [5.41, 5.74) is 6.39. The van der Waals surface area contributed by atoms with Crippen molar-refractivity contribution in [3.05, 3.63) is 22.7 Å². The number of nitrogen functional groups attached to an aromatic ring is 1. The Morgan fingerprint density at radius 3 is 2.58 bits per heavy atom. The van der Waals surface area contributed by atoms with Gasteiger partial charge in [-0.15, -0.1) is 12.4 Å². The first-order valence-electron chi connectivity index (χ1n) is 7.28. The lowest BCUT2D eigenvalue weighted by Crippen LogP contribution is -2.46. The van der Waals surface area contributed by atoms with Crippen LogP contribution in [0.1, 0.15) is 23.2 Å². The summed E-state index contributed by atoms with van der Waals surface area (Å²) >= 11 is 5.97. The van der Waals surface area contributed by atoms with Gasteiger partial charge in [-0.25, -0.2) is 0 Å². The van der Waals surface area contributed by atoms with E-state index in [1.807, 2.05) is 4.90 Å². The zero-order chi connectivity index (χ0) is 17.0. The van der Waals surface area contributed by atoms with Gasteiger partial charge < -0.3 is 20.9 Å². The summed E-state index contributed by atoms with van der Waals surface area (Å²) in [5.74, 6) is -0.748. The van der Waals surface area contributed by atoms with Crippen molar-refractivity contribution in [3.63, 3.8) is 0 Å². The predicted octanol–water partition coefficient (Wildman–Crippen LogP) is 1.63. The van der Waals surface area contributed by atoms with Gasteiger partial charge in [0.15, 0.2) is 0 Å². The van der Waals surface area contributed by atoms with E-state index in [0.29, 0.717) is 48.0 Å². The predicted molar refractivity (Wildman–Crippen MR) is 94.2 cm³/mol. The maximum atomic E-state index is 12.4. The van der Waals surface area contributed by atoms with Crippen LogP contribution in [0.4, 0.5) is 5.69 Å². The van der Waals surface area contributed by atoms with Gasteiger partial charge in [0.05, 0.1) is 29.9 Å². The largest absolute Gasteiger partial charge is 0.496 e. The Morgan fingerprint density at radius 1 is 1.42 bits per heavy atom. The number of amides is 1. The summed E-state index contributed by atoms with van der Waals surface area (Å²) in [5, 5.41) is 12.0. The third-order valence-electron chi connectivity index (χ3n) is 3.85. The van der Waals surface area contributed by atoms with E-state index in [0.717, 1.165) is 0 Å². The van der Waals surface area contributed by atoms with Gasteiger partial charge in [-0.3, -0.25) is 14.5 Å². The van der Waals surface area contributed by atoms with Crippen molar-refractivity contribution in [3.8, 4) is 5.75 Å². The van der Waals surface area contributed by atoms with Crippen molar-refractivity contribution in [2.45, 2.75) is 18.9 Å². The molecule has 4 N–H and O–H groups in total. The minimum absolute atomic E-state index is 0. The first-order valence-corrected chi connectivity index (χ1v) is 7.66. The van der Waals surface area contributed by atoms with E-state index < -0.39 is 5.97 Å². The van der Waals surface area contributed by atoms with Crippen molar-refractivity contribution in [1.29, 1.82) is 0 Å². The number of nitrogens with zero attached hydrogens (tertiary/aromatic N) is 1. The molecule has 0 atom stereocenters. The number of hydrogen-bond acceptors (Lipinski definition) is 5. The Labute approximate surface area is 151 Å². The Bertz CT molecular complexity index is 605. The molecule has 1 heterocycles. The van der Waals surface area contributed by atoms with Crippen molar-refractivity contribution in [1.82, 2.24) is 10.2 Å². The number of carboxylic acid groups (broad SMARTS) is 1. The van der Waals surface area contributed by atoms with E-state index in [9.17, 15) is 9.59 Å². The third kappa shape index (κ3) is 5.15. The van der Waals surface area contributed by atoms with Crippen LogP contribution in [0.5, 0.6) is 5.75 Å². The van der Waals surface area contributed by atoms with Crippen LogP contribution in [-0.4, -0.2) is 54.7 Å². The molecule has 1 aliphatic heterocycles. The Kier molecular flexibility index (Phi) is 7.59. The molecule has 1 aliphatic rings. The van der Waals surface area contributed by atoms with Crippen LogP contribution in [-0.2, 0) is 4.79 Å². The maximum Gasteiger partial charge on any atom is 0.317 e. The number of nitrogens with one attached hydrogen (secondary N) is 1. The van der Waals surface area contributed by atoms with E-state index in [-0.39, 0.29) is 30.9 Å². The molecule has 24 heavy (non-hydrogen) atoms. The average Bonchev–Trinajstić information content (AvgIpc) is 2.50. The molecule has 7 nitrogen and oxygen atoms in total. The van der Waals surface area contributed by atoms with Crippen LogP contribution < -0.4 is 15.8 Å². The minimum atomic E-state index is -0.839. The van der Waals surface area contributed by atoms with Gasteiger partial charge in [0.1, 0.15) is 5.75 Å². The number of carbonyl (C=O) groups excluding carboxylic acids is 1. The van der Waals surface area contributed by atoms with E-state index in [1.165, 1.54) is 19.2 Å². The standard InChI is InChI=1S/C15H20ClN3O4.ClH/c1-23-13-7-12(17)11(16)6-10(13)15(22)18-9-2-4-19(5-3-9)8-14(20)21;/h6-7,9H,2-5,8,17H2,1H3,(H,18,22)(H,20,21);1H. The SMILES string of the molecule is COc1cc(N)c(Cl)cc1C(=O)NC1CCN(CC(=O)O)CC1.Cl. The average molecular weight is 378 g/mol. The molecule has 1 aromatic carbocycles. The summed E-state index contributed by atoms with van der Waals surface area (Å²) in [6.45, 7) is 1.30. The van der Waals surface area contributed by atoms with E-state index in [2.05, 4.69) is 5.32 Å². The van der Waals surface area contributed by atoms with Gasteiger partial charge in [-0.05, 0) is 18.9 Å². The van der Waals surface area contributed by atoms with Crippen LogP contribution in [0.2, 0.25) is 5.02 Å². The third-order valence-corrected chi connectivity index (χ3v) is 4.17. The summed E-state index contributed by atoms with van der Waals surface area (Å²) in [7, 11) is 1.46. The first kappa shape index (κ1) is 20.3. The maximum absolute atomic E-state index is 12.4. The number of aliphatic carboxylic acids is 1. The Morgan fingerprint density at radius 2 is 2.04 bits per heavy atom. The second kappa shape index (κ2) is 8.96. The smallest absolute Gasteiger partial charge is 0.317 e. The van der Waals surface area contributed by atoms with Gasteiger partial charge in [0.2, 0.25) is 0 Å². The lowest BCUT2D eigenvalue weighted by atomic mass is 10.0. The first-order chi connectivity index (χ1) is 10.9.